The normalized spacial score (nSPS) is 14.1. The van der Waals surface area contributed by atoms with Crippen LogP contribution >= 0.6 is 11.8 Å². The van der Waals surface area contributed by atoms with E-state index in [4.69, 9.17) is 4.55 Å². The van der Waals surface area contributed by atoms with Gasteiger partial charge in [0.15, 0.2) is 5.17 Å². The lowest BCUT2D eigenvalue weighted by Crippen LogP contribution is -2.14. The van der Waals surface area contributed by atoms with E-state index in [9.17, 15) is 8.42 Å². The summed E-state index contributed by atoms with van der Waals surface area (Å²) in [6, 6.07) is 12.3. The molecule has 0 saturated heterocycles. The molecule has 26 heavy (non-hydrogen) atoms. The molecule has 1 heterocycles. The number of benzene rings is 2. The van der Waals surface area contributed by atoms with Crippen LogP contribution in [0.1, 0.15) is 23.1 Å². The molecule has 2 N–H and O–H groups in total. The first kappa shape index (κ1) is 20.5. The first-order chi connectivity index (χ1) is 12.3. The minimum atomic E-state index is -4.02. The molecule has 0 aliphatic carbocycles. The molecule has 0 atom stereocenters. The van der Waals surface area contributed by atoms with Crippen LogP contribution in [-0.2, 0) is 10.1 Å². The number of aryl methyl sites for hydroxylation is 3. The molecule has 2 aromatic rings. The van der Waals surface area contributed by atoms with Gasteiger partial charge in [-0.15, -0.1) is 0 Å². The Kier molecular flexibility index (Phi) is 7.25. The maximum atomic E-state index is 10.5. The summed E-state index contributed by atoms with van der Waals surface area (Å²) in [4.78, 5) is 4.41. The summed E-state index contributed by atoms with van der Waals surface area (Å²) >= 11 is 1.81. The molecule has 3 rings (SSSR count). The highest BCUT2D eigenvalue weighted by Crippen LogP contribution is 2.22. The van der Waals surface area contributed by atoms with Gasteiger partial charge in [-0.05, 0) is 50.5 Å². The van der Waals surface area contributed by atoms with Crippen LogP contribution in [0.5, 0.6) is 0 Å². The van der Waals surface area contributed by atoms with Gasteiger partial charge in [0.2, 0.25) is 0 Å². The van der Waals surface area contributed by atoms with Crippen LogP contribution in [0.15, 0.2) is 52.4 Å². The second-order valence-electron chi connectivity index (χ2n) is 6.07. The van der Waals surface area contributed by atoms with Gasteiger partial charge in [0.1, 0.15) is 0 Å². The Balaban J connectivity index is 0.000000197. The molecule has 0 spiro atoms. The summed E-state index contributed by atoms with van der Waals surface area (Å²) in [6.45, 7) is 7.06. The predicted molar refractivity (Wildman–Crippen MR) is 110 cm³/mol. The van der Waals surface area contributed by atoms with Crippen molar-refractivity contribution in [3.63, 3.8) is 0 Å². The molecule has 0 bridgehead atoms. The second kappa shape index (κ2) is 9.21. The number of aliphatic imine (C=N–C) groups is 1. The number of amidine groups is 1. The summed E-state index contributed by atoms with van der Waals surface area (Å²) in [5.41, 5.74) is 4.73. The highest BCUT2D eigenvalue weighted by Gasteiger charge is 2.09. The second-order valence-corrected chi connectivity index (χ2v) is 8.57. The number of hydrogen-bond acceptors (Lipinski definition) is 5. The van der Waals surface area contributed by atoms with Crippen LogP contribution < -0.4 is 5.32 Å². The van der Waals surface area contributed by atoms with Gasteiger partial charge in [-0.25, -0.2) is 0 Å². The lowest BCUT2D eigenvalue weighted by atomic mass is 10.1. The average molecular weight is 393 g/mol. The summed E-state index contributed by atoms with van der Waals surface area (Å²) in [6.07, 6.45) is 1.20. The van der Waals surface area contributed by atoms with E-state index in [-0.39, 0.29) is 4.90 Å². The van der Waals surface area contributed by atoms with E-state index < -0.39 is 10.1 Å². The monoisotopic (exact) mass is 392 g/mol. The summed E-state index contributed by atoms with van der Waals surface area (Å²) in [5, 5.41) is 4.50. The van der Waals surface area contributed by atoms with E-state index >= 15 is 0 Å². The van der Waals surface area contributed by atoms with Gasteiger partial charge < -0.3 is 5.32 Å². The number of hydrogen-bond donors (Lipinski definition) is 2. The van der Waals surface area contributed by atoms with Gasteiger partial charge in [0.25, 0.3) is 10.1 Å². The zero-order chi connectivity index (χ0) is 19.2. The Morgan fingerprint density at radius 3 is 2.15 bits per heavy atom. The van der Waals surface area contributed by atoms with Crippen molar-refractivity contribution in [2.24, 2.45) is 4.99 Å². The van der Waals surface area contributed by atoms with Gasteiger partial charge in [-0.2, -0.15) is 8.42 Å². The molecular formula is C19H24N2O3S2. The SMILES string of the molecule is Cc1ccc(S(=O)(=O)O)cc1.Cc1cccc(C)c1NC1=NCCCS1. The summed E-state index contributed by atoms with van der Waals surface area (Å²) in [7, 11) is -4.02. The van der Waals surface area contributed by atoms with Crippen LogP contribution in [0, 0.1) is 20.8 Å². The number of para-hydroxylation sites is 1. The van der Waals surface area contributed by atoms with Crippen molar-refractivity contribution < 1.29 is 13.0 Å². The number of anilines is 1. The van der Waals surface area contributed by atoms with E-state index in [1.165, 1.54) is 41.1 Å². The Labute approximate surface area is 159 Å². The smallest absolute Gasteiger partial charge is 0.294 e. The van der Waals surface area contributed by atoms with E-state index in [0.29, 0.717) is 0 Å². The predicted octanol–water partition coefficient (Wildman–Crippen LogP) is 4.45. The van der Waals surface area contributed by atoms with Crippen LogP contribution in [0.4, 0.5) is 5.69 Å². The minimum Gasteiger partial charge on any atom is -0.335 e. The van der Waals surface area contributed by atoms with Crippen molar-refractivity contribution in [3.8, 4) is 0 Å². The zero-order valence-electron chi connectivity index (χ0n) is 15.2. The summed E-state index contributed by atoms with van der Waals surface area (Å²) < 4.78 is 29.6. The molecule has 0 radical (unpaired) electrons. The molecule has 1 aliphatic rings. The minimum absolute atomic E-state index is 0.0666. The Morgan fingerprint density at radius 2 is 1.65 bits per heavy atom. The first-order valence-corrected chi connectivity index (χ1v) is 10.7. The van der Waals surface area contributed by atoms with Crippen LogP contribution in [0.25, 0.3) is 0 Å². The van der Waals surface area contributed by atoms with Crippen molar-refractivity contribution in [2.75, 3.05) is 17.6 Å². The maximum Gasteiger partial charge on any atom is 0.294 e. The lowest BCUT2D eigenvalue weighted by Gasteiger charge is -2.16. The summed E-state index contributed by atoms with van der Waals surface area (Å²) in [5.74, 6) is 1.18. The molecule has 140 valence electrons. The topological polar surface area (TPSA) is 78.8 Å². The molecule has 5 nitrogen and oxygen atoms in total. The molecule has 2 aromatic carbocycles. The highest BCUT2D eigenvalue weighted by molar-refractivity contribution is 8.14. The van der Waals surface area contributed by atoms with Gasteiger partial charge in [0, 0.05) is 18.0 Å². The lowest BCUT2D eigenvalue weighted by molar-refractivity contribution is 0.483. The molecule has 7 heteroatoms. The van der Waals surface area contributed by atoms with E-state index in [2.05, 4.69) is 42.4 Å². The van der Waals surface area contributed by atoms with Gasteiger partial charge >= 0.3 is 0 Å². The molecule has 1 aliphatic heterocycles. The first-order valence-electron chi connectivity index (χ1n) is 8.32. The standard InChI is InChI=1S/C12H16N2S.C7H8O3S/c1-9-5-3-6-10(2)11(9)14-12-13-7-4-8-15-12;1-6-2-4-7(5-3-6)11(8,9)10/h3,5-6H,4,7-8H2,1-2H3,(H,13,14);2-5H,1H3,(H,8,9,10). The molecular weight excluding hydrogens is 368 g/mol. The largest absolute Gasteiger partial charge is 0.335 e. The van der Waals surface area contributed by atoms with Gasteiger partial charge in [-0.3, -0.25) is 9.55 Å². The van der Waals surface area contributed by atoms with Crippen LogP contribution in [0.2, 0.25) is 0 Å². The third kappa shape index (κ3) is 6.16. The van der Waals surface area contributed by atoms with Crippen molar-refractivity contribution in [3.05, 3.63) is 59.2 Å². The number of nitrogens with zero attached hydrogens (tertiary/aromatic N) is 1. The van der Waals surface area contributed by atoms with Crippen LogP contribution in [-0.4, -0.2) is 30.4 Å². The molecule has 0 unspecified atom stereocenters. The maximum absolute atomic E-state index is 10.5. The van der Waals surface area contributed by atoms with Crippen molar-refractivity contribution >= 4 is 32.7 Å². The molecule has 0 saturated carbocycles. The van der Waals surface area contributed by atoms with Crippen molar-refractivity contribution in [1.82, 2.24) is 0 Å². The fourth-order valence-corrected chi connectivity index (χ4v) is 3.67. The van der Waals surface area contributed by atoms with E-state index in [0.717, 1.165) is 17.3 Å². The Hall–Kier alpha value is -1.83. The highest BCUT2D eigenvalue weighted by atomic mass is 32.2. The van der Waals surface area contributed by atoms with Gasteiger partial charge in [-0.1, -0.05) is 47.7 Å². The third-order valence-corrected chi connectivity index (χ3v) is 5.69. The number of thioether (sulfide) groups is 1. The Morgan fingerprint density at radius 1 is 1.04 bits per heavy atom. The number of rotatable bonds is 2. The molecule has 0 amide bonds. The quantitative estimate of drug-likeness (QED) is 0.738. The number of nitrogens with one attached hydrogen (secondary N) is 1. The fraction of sp³-hybridized carbons (Fsp3) is 0.316. The van der Waals surface area contributed by atoms with Crippen LogP contribution in [0.3, 0.4) is 0 Å². The molecule has 0 aromatic heterocycles. The van der Waals surface area contributed by atoms with Gasteiger partial charge in [0.05, 0.1) is 4.90 Å². The fourth-order valence-electron chi connectivity index (χ4n) is 2.36. The average Bonchev–Trinajstić information content (AvgIpc) is 2.59. The van der Waals surface area contributed by atoms with E-state index in [1.54, 1.807) is 12.1 Å². The Bertz CT molecular complexity index is 856. The van der Waals surface area contributed by atoms with E-state index in [1.807, 2.05) is 18.7 Å². The zero-order valence-corrected chi connectivity index (χ0v) is 16.8. The van der Waals surface area contributed by atoms with Crippen molar-refractivity contribution in [2.45, 2.75) is 32.1 Å². The van der Waals surface area contributed by atoms with Crippen molar-refractivity contribution in [1.29, 1.82) is 0 Å². The third-order valence-electron chi connectivity index (χ3n) is 3.83. The molecule has 0 fully saturated rings.